The van der Waals surface area contributed by atoms with Gasteiger partial charge in [0.15, 0.2) is 5.75 Å². The summed E-state index contributed by atoms with van der Waals surface area (Å²) in [5, 5.41) is 14.2. The van der Waals surface area contributed by atoms with Gasteiger partial charge < -0.3 is 14.8 Å². The minimum Gasteiger partial charge on any atom is -0.493 e. The van der Waals surface area contributed by atoms with Crippen molar-refractivity contribution >= 4 is 5.69 Å². The number of hydrogen-bond donors (Lipinski definition) is 1. The van der Waals surface area contributed by atoms with Gasteiger partial charge in [-0.05, 0) is 31.0 Å². The fourth-order valence-electron chi connectivity index (χ4n) is 2.08. The van der Waals surface area contributed by atoms with E-state index in [4.69, 9.17) is 9.47 Å². The zero-order chi connectivity index (χ0) is 14.4. The van der Waals surface area contributed by atoms with Gasteiger partial charge in [-0.25, -0.2) is 0 Å². The van der Waals surface area contributed by atoms with Gasteiger partial charge in [0.2, 0.25) is 5.75 Å². The van der Waals surface area contributed by atoms with E-state index in [-0.39, 0.29) is 17.4 Å². The van der Waals surface area contributed by atoms with Gasteiger partial charge in [-0.3, -0.25) is 10.1 Å². The Balaban J connectivity index is 3.34. The second kappa shape index (κ2) is 6.94. The van der Waals surface area contributed by atoms with Gasteiger partial charge >= 0.3 is 5.69 Å². The van der Waals surface area contributed by atoms with Gasteiger partial charge in [0.1, 0.15) is 0 Å². The molecule has 1 aromatic carbocycles. The number of nitrogens with one attached hydrogen (secondary N) is 1. The van der Waals surface area contributed by atoms with Crippen molar-refractivity contribution in [3.8, 4) is 11.5 Å². The van der Waals surface area contributed by atoms with E-state index in [9.17, 15) is 10.1 Å². The van der Waals surface area contributed by atoms with Gasteiger partial charge in [-0.2, -0.15) is 0 Å². The lowest BCUT2D eigenvalue weighted by Crippen LogP contribution is -2.17. The molecular formula is C13H20N2O4. The standard InChI is InChI=1S/C13H20N2O4/c1-5-9(8-14-2)10-6-11(15(16)17)13(19-4)12(7-10)18-3/h6-7,9,14H,5,8H2,1-4H3. The van der Waals surface area contributed by atoms with Crippen LogP contribution in [0.1, 0.15) is 24.8 Å². The van der Waals surface area contributed by atoms with Crippen LogP contribution in [0.25, 0.3) is 0 Å². The van der Waals surface area contributed by atoms with E-state index < -0.39 is 4.92 Å². The minimum absolute atomic E-state index is 0.0635. The molecule has 0 saturated heterocycles. The van der Waals surface area contributed by atoms with E-state index in [0.29, 0.717) is 5.75 Å². The first kappa shape index (κ1) is 15.2. The summed E-state index contributed by atoms with van der Waals surface area (Å²) in [5.41, 5.74) is 0.813. The molecule has 6 nitrogen and oxygen atoms in total. The Labute approximate surface area is 112 Å². The number of nitrogens with zero attached hydrogens (tertiary/aromatic N) is 1. The lowest BCUT2D eigenvalue weighted by Gasteiger charge is -2.17. The summed E-state index contributed by atoms with van der Waals surface area (Å²) in [4.78, 5) is 10.7. The summed E-state index contributed by atoms with van der Waals surface area (Å²) in [6.45, 7) is 2.80. The van der Waals surface area contributed by atoms with Crippen LogP contribution in [-0.2, 0) is 0 Å². The molecule has 0 aromatic heterocycles. The summed E-state index contributed by atoms with van der Waals surface area (Å²) >= 11 is 0. The molecule has 1 atom stereocenters. The maximum Gasteiger partial charge on any atom is 0.315 e. The van der Waals surface area contributed by atoms with Crippen molar-refractivity contribution in [3.63, 3.8) is 0 Å². The van der Waals surface area contributed by atoms with E-state index in [1.165, 1.54) is 14.2 Å². The average Bonchev–Trinajstić information content (AvgIpc) is 2.42. The predicted octanol–water partition coefficient (Wildman–Crippen LogP) is 2.33. The highest BCUT2D eigenvalue weighted by atomic mass is 16.6. The van der Waals surface area contributed by atoms with E-state index in [1.807, 2.05) is 14.0 Å². The number of ether oxygens (including phenoxy) is 2. The van der Waals surface area contributed by atoms with Gasteiger partial charge in [0.05, 0.1) is 19.1 Å². The Morgan fingerprint density at radius 1 is 1.37 bits per heavy atom. The number of likely N-dealkylation sites (N-methyl/N-ethyl adjacent to an activating group) is 1. The Hall–Kier alpha value is -1.82. The Morgan fingerprint density at radius 3 is 2.47 bits per heavy atom. The molecule has 0 radical (unpaired) electrons. The molecule has 0 saturated carbocycles. The second-order valence-electron chi connectivity index (χ2n) is 4.20. The smallest absolute Gasteiger partial charge is 0.315 e. The van der Waals surface area contributed by atoms with Crippen LogP contribution in [-0.4, -0.2) is 32.7 Å². The molecule has 0 amide bonds. The van der Waals surface area contributed by atoms with Crippen molar-refractivity contribution in [1.82, 2.24) is 5.32 Å². The van der Waals surface area contributed by atoms with Crippen molar-refractivity contribution in [3.05, 3.63) is 27.8 Å². The number of hydrogen-bond acceptors (Lipinski definition) is 5. The van der Waals surface area contributed by atoms with Crippen LogP contribution in [0.2, 0.25) is 0 Å². The summed E-state index contributed by atoms with van der Waals surface area (Å²) in [5.74, 6) is 0.750. The van der Waals surface area contributed by atoms with Crippen LogP contribution in [0.3, 0.4) is 0 Å². The van der Waals surface area contributed by atoms with Gasteiger partial charge in [-0.1, -0.05) is 6.92 Å². The van der Waals surface area contributed by atoms with Crippen molar-refractivity contribution < 1.29 is 14.4 Å². The number of rotatable bonds is 7. The largest absolute Gasteiger partial charge is 0.493 e. The highest BCUT2D eigenvalue weighted by Crippen LogP contribution is 2.40. The van der Waals surface area contributed by atoms with E-state index in [2.05, 4.69) is 5.32 Å². The zero-order valence-corrected chi connectivity index (χ0v) is 11.7. The highest BCUT2D eigenvalue weighted by Gasteiger charge is 2.23. The lowest BCUT2D eigenvalue weighted by atomic mass is 9.95. The van der Waals surface area contributed by atoms with Crippen molar-refractivity contribution in [2.75, 3.05) is 27.8 Å². The second-order valence-corrected chi connectivity index (χ2v) is 4.20. The molecule has 0 aliphatic carbocycles. The zero-order valence-electron chi connectivity index (χ0n) is 11.7. The van der Waals surface area contributed by atoms with Gasteiger partial charge in [0.25, 0.3) is 0 Å². The number of benzene rings is 1. The molecule has 1 rings (SSSR count). The Bertz CT molecular complexity index is 449. The summed E-state index contributed by atoms with van der Waals surface area (Å²) in [6, 6.07) is 3.37. The average molecular weight is 268 g/mol. The monoisotopic (exact) mass is 268 g/mol. The van der Waals surface area contributed by atoms with E-state index in [1.54, 1.807) is 12.1 Å². The number of methoxy groups -OCH3 is 2. The molecule has 106 valence electrons. The molecule has 0 bridgehead atoms. The molecule has 0 fully saturated rings. The minimum atomic E-state index is -0.447. The fourth-order valence-corrected chi connectivity index (χ4v) is 2.08. The van der Waals surface area contributed by atoms with Crippen LogP contribution in [0, 0.1) is 10.1 Å². The fraction of sp³-hybridized carbons (Fsp3) is 0.538. The van der Waals surface area contributed by atoms with Crippen LogP contribution in [0.15, 0.2) is 12.1 Å². The molecule has 0 aliphatic heterocycles. The molecule has 0 heterocycles. The highest BCUT2D eigenvalue weighted by molar-refractivity contribution is 5.58. The quantitative estimate of drug-likeness (QED) is 0.607. The third-order valence-corrected chi connectivity index (χ3v) is 3.09. The normalized spacial score (nSPS) is 12.0. The third-order valence-electron chi connectivity index (χ3n) is 3.09. The Kier molecular flexibility index (Phi) is 5.57. The number of nitro groups is 1. The Morgan fingerprint density at radius 2 is 2.05 bits per heavy atom. The van der Waals surface area contributed by atoms with Gasteiger partial charge in [0, 0.05) is 12.6 Å². The molecule has 1 unspecified atom stereocenters. The molecule has 19 heavy (non-hydrogen) atoms. The molecule has 0 spiro atoms. The summed E-state index contributed by atoms with van der Waals surface area (Å²) in [7, 11) is 4.73. The molecular weight excluding hydrogens is 248 g/mol. The predicted molar refractivity (Wildman–Crippen MR) is 73.2 cm³/mol. The first-order valence-corrected chi connectivity index (χ1v) is 6.13. The van der Waals surface area contributed by atoms with Crippen LogP contribution in [0.4, 0.5) is 5.69 Å². The maximum atomic E-state index is 11.1. The number of nitro benzene ring substituents is 1. The first-order chi connectivity index (χ1) is 9.08. The van der Waals surface area contributed by atoms with Crippen LogP contribution < -0.4 is 14.8 Å². The van der Waals surface area contributed by atoms with Crippen molar-refractivity contribution in [2.45, 2.75) is 19.3 Å². The lowest BCUT2D eigenvalue weighted by molar-refractivity contribution is -0.385. The van der Waals surface area contributed by atoms with Crippen LogP contribution in [0.5, 0.6) is 11.5 Å². The van der Waals surface area contributed by atoms with E-state index in [0.717, 1.165) is 18.5 Å². The van der Waals surface area contributed by atoms with E-state index >= 15 is 0 Å². The van der Waals surface area contributed by atoms with Crippen molar-refractivity contribution in [2.24, 2.45) is 0 Å². The molecule has 0 aliphatic rings. The summed E-state index contributed by atoms with van der Waals surface area (Å²) in [6.07, 6.45) is 0.882. The molecule has 6 heteroatoms. The van der Waals surface area contributed by atoms with Gasteiger partial charge in [-0.15, -0.1) is 0 Å². The van der Waals surface area contributed by atoms with Crippen LogP contribution >= 0.6 is 0 Å². The third kappa shape index (κ3) is 3.35. The SMILES string of the molecule is CCC(CNC)c1cc(OC)c(OC)c([N+](=O)[O-])c1. The maximum absolute atomic E-state index is 11.1. The molecule has 1 aromatic rings. The molecule has 1 N–H and O–H groups in total. The van der Waals surface area contributed by atoms with Crippen molar-refractivity contribution in [1.29, 1.82) is 0 Å². The first-order valence-electron chi connectivity index (χ1n) is 6.13. The topological polar surface area (TPSA) is 73.6 Å². The summed E-state index contributed by atoms with van der Waals surface area (Å²) < 4.78 is 10.3.